The van der Waals surface area contributed by atoms with Crippen LogP contribution in [0, 0.1) is 11.6 Å². The van der Waals surface area contributed by atoms with Crippen LogP contribution >= 0.6 is 22.6 Å². The maximum atomic E-state index is 13.3. The Kier molecular flexibility index (Phi) is 4.57. The zero-order valence-electron chi connectivity index (χ0n) is 11.7. The molecule has 2 aromatic rings. The number of rotatable bonds is 2. The van der Waals surface area contributed by atoms with Gasteiger partial charge in [-0.05, 0) is 60.4 Å². The third-order valence-corrected chi connectivity index (χ3v) is 5.54. The van der Waals surface area contributed by atoms with Gasteiger partial charge in [-0.2, -0.15) is 0 Å². The van der Waals surface area contributed by atoms with E-state index >= 15 is 0 Å². The van der Waals surface area contributed by atoms with Gasteiger partial charge in [0.1, 0.15) is 0 Å². The number of benzene rings is 2. The van der Waals surface area contributed by atoms with E-state index in [0.29, 0.717) is 5.92 Å². The lowest BCUT2D eigenvalue weighted by Gasteiger charge is -2.25. The van der Waals surface area contributed by atoms with Crippen LogP contribution in [0.15, 0.2) is 42.5 Å². The molecule has 110 valence electrons. The van der Waals surface area contributed by atoms with Crippen molar-refractivity contribution >= 4 is 22.6 Å². The highest BCUT2D eigenvalue weighted by molar-refractivity contribution is 14.1. The first-order valence-corrected chi connectivity index (χ1v) is 8.57. The third-order valence-electron chi connectivity index (χ3n) is 4.29. The Balaban J connectivity index is 1.79. The van der Waals surface area contributed by atoms with Gasteiger partial charge in [0.2, 0.25) is 0 Å². The fraction of sp³-hybridized carbons (Fsp3) is 0.333. The van der Waals surface area contributed by atoms with Crippen molar-refractivity contribution in [2.45, 2.75) is 35.5 Å². The van der Waals surface area contributed by atoms with Gasteiger partial charge in [-0.3, -0.25) is 0 Å². The van der Waals surface area contributed by atoms with Crippen LogP contribution in [0.1, 0.15) is 37.2 Å². The van der Waals surface area contributed by atoms with Crippen LogP contribution in [0.5, 0.6) is 0 Å². The van der Waals surface area contributed by atoms with E-state index in [0.717, 1.165) is 15.1 Å². The van der Waals surface area contributed by atoms with Gasteiger partial charge in [-0.1, -0.05) is 52.9 Å². The van der Waals surface area contributed by atoms with E-state index in [-0.39, 0.29) is 0 Å². The maximum Gasteiger partial charge on any atom is 0.159 e. The Bertz CT molecular complexity index is 614. The zero-order valence-corrected chi connectivity index (χ0v) is 13.8. The van der Waals surface area contributed by atoms with Crippen molar-refractivity contribution in [1.82, 2.24) is 0 Å². The van der Waals surface area contributed by atoms with E-state index in [1.165, 1.54) is 43.4 Å². The predicted octanol–water partition coefficient (Wildman–Crippen LogP) is 6.09. The van der Waals surface area contributed by atoms with Crippen molar-refractivity contribution in [2.75, 3.05) is 0 Å². The first-order chi connectivity index (χ1) is 10.1. The van der Waals surface area contributed by atoms with Crippen molar-refractivity contribution in [1.29, 1.82) is 0 Å². The molecule has 3 rings (SSSR count). The van der Waals surface area contributed by atoms with E-state index in [2.05, 4.69) is 34.7 Å². The molecule has 0 unspecified atom stereocenters. The van der Waals surface area contributed by atoms with E-state index in [1.807, 2.05) is 12.1 Å². The summed E-state index contributed by atoms with van der Waals surface area (Å²) in [6.07, 6.45) is 5.07. The molecule has 1 aliphatic carbocycles. The molecule has 0 bridgehead atoms. The summed E-state index contributed by atoms with van der Waals surface area (Å²) in [4.78, 5) is 0. The summed E-state index contributed by atoms with van der Waals surface area (Å²) in [5.74, 6) is -0.946. The van der Waals surface area contributed by atoms with E-state index < -0.39 is 11.6 Å². The molecule has 0 aliphatic heterocycles. The molecule has 0 saturated heterocycles. The molecular formula is C18H17F2I. The summed E-state index contributed by atoms with van der Waals surface area (Å²) in [6.45, 7) is 0. The SMILES string of the molecule is Fc1ccc(-c2ccc(C3CCC(I)CC3)cc2)cc1F. The van der Waals surface area contributed by atoms with Gasteiger partial charge in [0.05, 0.1) is 0 Å². The van der Waals surface area contributed by atoms with Gasteiger partial charge in [0.15, 0.2) is 11.6 Å². The molecule has 1 aliphatic rings. The highest BCUT2D eigenvalue weighted by Crippen LogP contribution is 2.36. The molecule has 0 spiro atoms. The topological polar surface area (TPSA) is 0 Å². The summed E-state index contributed by atoms with van der Waals surface area (Å²) < 4.78 is 27.1. The minimum absolute atomic E-state index is 0.648. The van der Waals surface area contributed by atoms with Crippen LogP contribution in [0.2, 0.25) is 0 Å². The van der Waals surface area contributed by atoms with Crippen molar-refractivity contribution in [3.05, 3.63) is 59.7 Å². The minimum Gasteiger partial charge on any atom is -0.204 e. The monoisotopic (exact) mass is 398 g/mol. The Morgan fingerprint density at radius 1 is 0.762 bits per heavy atom. The second-order valence-corrected chi connectivity index (χ2v) is 7.46. The van der Waals surface area contributed by atoms with Crippen LogP contribution < -0.4 is 0 Å². The van der Waals surface area contributed by atoms with Gasteiger partial charge in [0, 0.05) is 3.92 Å². The lowest BCUT2D eigenvalue weighted by atomic mass is 9.83. The molecule has 3 heteroatoms. The molecule has 0 heterocycles. The van der Waals surface area contributed by atoms with Crippen LogP contribution in [-0.2, 0) is 0 Å². The van der Waals surface area contributed by atoms with Crippen molar-refractivity contribution in [3.63, 3.8) is 0 Å². The Hall–Kier alpha value is -0.970. The van der Waals surface area contributed by atoms with Crippen LogP contribution in [0.25, 0.3) is 11.1 Å². The van der Waals surface area contributed by atoms with E-state index in [1.54, 1.807) is 6.07 Å². The lowest BCUT2D eigenvalue weighted by Crippen LogP contribution is -2.12. The van der Waals surface area contributed by atoms with Crippen LogP contribution in [0.4, 0.5) is 8.78 Å². The fourth-order valence-electron chi connectivity index (χ4n) is 3.01. The normalized spacial score (nSPS) is 22.2. The molecule has 0 N–H and O–H groups in total. The predicted molar refractivity (Wildman–Crippen MR) is 90.8 cm³/mol. The van der Waals surface area contributed by atoms with Crippen molar-refractivity contribution in [2.24, 2.45) is 0 Å². The average molecular weight is 398 g/mol. The lowest BCUT2D eigenvalue weighted by molar-refractivity contribution is 0.462. The van der Waals surface area contributed by atoms with Crippen LogP contribution in [-0.4, -0.2) is 3.92 Å². The Morgan fingerprint density at radius 3 is 2.00 bits per heavy atom. The molecule has 0 atom stereocenters. The fourth-order valence-corrected chi connectivity index (χ4v) is 3.73. The van der Waals surface area contributed by atoms with Gasteiger partial charge >= 0.3 is 0 Å². The Labute approximate surface area is 137 Å². The molecule has 0 nitrogen and oxygen atoms in total. The maximum absolute atomic E-state index is 13.3. The molecule has 1 fully saturated rings. The van der Waals surface area contributed by atoms with E-state index in [4.69, 9.17) is 0 Å². The zero-order chi connectivity index (χ0) is 14.8. The molecule has 1 saturated carbocycles. The summed E-state index contributed by atoms with van der Waals surface area (Å²) in [6, 6.07) is 12.3. The largest absolute Gasteiger partial charge is 0.204 e. The smallest absolute Gasteiger partial charge is 0.159 e. The minimum atomic E-state index is -0.800. The molecule has 0 amide bonds. The second-order valence-electron chi connectivity index (χ2n) is 5.70. The average Bonchev–Trinajstić information content (AvgIpc) is 2.51. The second kappa shape index (κ2) is 6.42. The van der Waals surface area contributed by atoms with E-state index in [9.17, 15) is 8.78 Å². The van der Waals surface area contributed by atoms with Gasteiger partial charge in [-0.25, -0.2) is 8.78 Å². The first kappa shape index (κ1) is 14.9. The summed E-state index contributed by atoms with van der Waals surface area (Å²) in [5, 5.41) is 0. The number of halogens is 3. The Morgan fingerprint density at radius 2 is 1.38 bits per heavy atom. The standard InChI is InChI=1S/C18H17F2I/c19-17-10-7-15(11-18(17)20)14-3-1-12(2-4-14)13-5-8-16(21)9-6-13/h1-4,7,10-11,13,16H,5-6,8-9H2. The molecule has 2 aromatic carbocycles. The van der Waals surface area contributed by atoms with Gasteiger partial charge in [0.25, 0.3) is 0 Å². The van der Waals surface area contributed by atoms with Gasteiger partial charge in [-0.15, -0.1) is 0 Å². The molecular weight excluding hydrogens is 381 g/mol. The molecule has 21 heavy (non-hydrogen) atoms. The molecule has 0 radical (unpaired) electrons. The first-order valence-electron chi connectivity index (χ1n) is 7.33. The van der Waals surface area contributed by atoms with Crippen molar-refractivity contribution < 1.29 is 8.78 Å². The summed E-state index contributed by atoms with van der Waals surface area (Å²) in [7, 11) is 0. The number of hydrogen-bond acceptors (Lipinski definition) is 0. The molecule has 0 aromatic heterocycles. The number of alkyl halides is 1. The summed E-state index contributed by atoms with van der Waals surface area (Å²) >= 11 is 2.54. The van der Waals surface area contributed by atoms with Gasteiger partial charge < -0.3 is 0 Å². The highest BCUT2D eigenvalue weighted by Gasteiger charge is 2.20. The highest BCUT2D eigenvalue weighted by atomic mass is 127. The third kappa shape index (κ3) is 3.44. The van der Waals surface area contributed by atoms with Crippen molar-refractivity contribution in [3.8, 4) is 11.1 Å². The quantitative estimate of drug-likeness (QED) is 0.424. The summed E-state index contributed by atoms with van der Waals surface area (Å²) in [5.41, 5.74) is 3.02. The number of hydrogen-bond donors (Lipinski definition) is 0. The van der Waals surface area contributed by atoms with Crippen LogP contribution in [0.3, 0.4) is 0 Å².